The summed E-state index contributed by atoms with van der Waals surface area (Å²) < 4.78 is 91.4. The summed E-state index contributed by atoms with van der Waals surface area (Å²) in [5, 5.41) is 0. The van der Waals surface area contributed by atoms with E-state index in [1.807, 2.05) is 118 Å². The van der Waals surface area contributed by atoms with E-state index < -0.39 is 28.9 Å². The first-order valence-corrected chi connectivity index (χ1v) is 16.7. The minimum atomic E-state index is -5.72. The molecule has 2 nitrogen and oxygen atoms in total. The Bertz CT molecular complexity index is 1950. The lowest BCUT2D eigenvalue weighted by Gasteiger charge is -2.39. The van der Waals surface area contributed by atoms with Crippen molar-refractivity contribution in [3.05, 3.63) is 173 Å². The third-order valence-corrected chi connectivity index (χ3v) is 9.48. The standard InChI is InChI=1S/C43H38F6N2/c1-29-5-17-35(18-6-29)50(36-19-7-30(2)8-20-36)39-25-13-33(14-26-39)41(42(44,45)46,43(47,48)49)34-15-27-40(28-16-34)51(37-21-9-31(3)10-22-37)38-23-11-32(4)12-24-38/h5-23,25-28,38H,24H2,1-4H3. The maximum absolute atomic E-state index is 15.2. The highest BCUT2D eigenvalue weighted by atomic mass is 19.4. The van der Waals surface area contributed by atoms with Gasteiger partial charge < -0.3 is 9.80 Å². The number of anilines is 5. The molecular weight excluding hydrogens is 658 g/mol. The smallest absolute Gasteiger partial charge is 0.334 e. The minimum Gasteiger partial charge on any atom is -0.334 e. The number of halogens is 6. The average Bonchev–Trinajstić information content (AvgIpc) is 3.09. The first kappa shape index (κ1) is 35.6. The van der Waals surface area contributed by atoms with Crippen LogP contribution in [0.3, 0.4) is 0 Å². The third kappa shape index (κ3) is 6.92. The van der Waals surface area contributed by atoms with Gasteiger partial charge in [0.05, 0.1) is 6.04 Å². The van der Waals surface area contributed by atoms with Crippen molar-refractivity contribution in [3.63, 3.8) is 0 Å². The second-order valence-electron chi connectivity index (χ2n) is 13.2. The summed E-state index contributed by atoms with van der Waals surface area (Å²) in [6.45, 7) is 7.78. The van der Waals surface area contributed by atoms with Gasteiger partial charge in [-0.05, 0) is 106 Å². The predicted octanol–water partition coefficient (Wildman–Crippen LogP) is 12.9. The van der Waals surface area contributed by atoms with Crippen LogP contribution in [0.15, 0.2) is 145 Å². The van der Waals surface area contributed by atoms with Crippen molar-refractivity contribution in [2.24, 2.45) is 0 Å². The van der Waals surface area contributed by atoms with Gasteiger partial charge in [-0.1, -0.05) is 101 Å². The summed E-state index contributed by atoms with van der Waals surface area (Å²) in [5.74, 6) is 0. The molecule has 0 aliphatic heterocycles. The van der Waals surface area contributed by atoms with Crippen LogP contribution in [0.1, 0.15) is 41.2 Å². The van der Waals surface area contributed by atoms with Gasteiger partial charge in [0.15, 0.2) is 0 Å². The fraction of sp³-hybridized carbons (Fsp3) is 0.209. The molecule has 6 rings (SSSR count). The van der Waals surface area contributed by atoms with Crippen LogP contribution in [0.25, 0.3) is 0 Å². The maximum Gasteiger partial charge on any atom is 0.411 e. The van der Waals surface area contributed by atoms with Gasteiger partial charge in [-0.3, -0.25) is 0 Å². The normalized spacial score (nSPS) is 15.0. The molecule has 51 heavy (non-hydrogen) atoms. The Labute approximate surface area is 295 Å². The molecule has 1 aliphatic carbocycles. The van der Waals surface area contributed by atoms with Crippen molar-refractivity contribution in [2.45, 2.75) is 57.9 Å². The zero-order valence-corrected chi connectivity index (χ0v) is 28.7. The van der Waals surface area contributed by atoms with Crippen molar-refractivity contribution in [3.8, 4) is 0 Å². The van der Waals surface area contributed by atoms with Gasteiger partial charge >= 0.3 is 12.4 Å². The highest BCUT2D eigenvalue weighted by molar-refractivity contribution is 5.77. The number of nitrogens with zero attached hydrogens (tertiary/aromatic N) is 2. The van der Waals surface area contributed by atoms with E-state index in [-0.39, 0.29) is 6.04 Å². The molecule has 0 saturated heterocycles. The van der Waals surface area contributed by atoms with Crippen LogP contribution in [0.4, 0.5) is 54.8 Å². The second kappa shape index (κ2) is 13.8. The first-order valence-electron chi connectivity index (χ1n) is 16.7. The van der Waals surface area contributed by atoms with E-state index in [0.29, 0.717) is 29.2 Å². The van der Waals surface area contributed by atoms with Gasteiger partial charge in [-0.25, -0.2) is 0 Å². The Hall–Kier alpha value is -5.24. The van der Waals surface area contributed by atoms with Gasteiger partial charge in [0, 0.05) is 28.4 Å². The largest absolute Gasteiger partial charge is 0.411 e. The quantitative estimate of drug-likeness (QED) is 0.149. The lowest BCUT2D eigenvalue weighted by Crippen LogP contribution is -2.54. The SMILES string of the molecule is CC1=CCC(N(c2ccc(C)cc2)c2ccc(C(c3ccc(N(c4ccc(C)cc4)c4ccc(C)cc4)cc3)(C(F)(F)F)C(F)(F)F)cc2)C=C1. The zero-order chi connectivity index (χ0) is 36.6. The Morgan fingerprint density at radius 2 is 0.804 bits per heavy atom. The Morgan fingerprint density at radius 1 is 0.471 bits per heavy atom. The van der Waals surface area contributed by atoms with E-state index in [0.717, 1.165) is 52.2 Å². The summed E-state index contributed by atoms with van der Waals surface area (Å²) in [5.41, 5.74) is 1.10. The van der Waals surface area contributed by atoms with Gasteiger partial charge in [-0.2, -0.15) is 26.3 Å². The number of benzene rings is 5. The number of allylic oxidation sites excluding steroid dienone is 2. The Balaban J connectivity index is 1.45. The summed E-state index contributed by atoms with van der Waals surface area (Å²) in [6.07, 6.45) is -4.79. The monoisotopic (exact) mass is 696 g/mol. The number of hydrogen-bond donors (Lipinski definition) is 0. The molecule has 0 aromatic heterocycles. The topological polar surface area (TPSA) is 6.48 Å². The maximum atomic E-state index is 15.2. The van der Waals surface area contributed by atoms with Gasteiger partial charge in [0.2, 0.25) is 5.41 Å². The lowest BCUT2D eigenvalue weighted by molar-refractivity contribution is -0.288. The van der Waals surface area contributed by atoms with Crippen LogP contribution in [0.2, 0.25) is 0 Å². The number of hydrogen-bond acceptors (Lipinski definition) is 2. The van der Waals surface area contributed by atoms with Crippen molar-refractivity contribution >= 4 is 28.4 Å². The molecule has 262 valence electrons. The molecule has 0 bridgehead atoms. The zero-order valence-electron chi connectivity index (χ0n) is 28.7. The van der Waals surface area contributed by atoms with Crippen molar-refractivity contribution < 1.29 is 26.3 Å². The molecule has 0 spiro atoms. The van der Waals surface area contributed by atoms with Crippen molar-refractivity contribution in [1.82, 2.24) is 0 Å². The predicted molar refractivity (Wildman–Crippen MR) is 195 cm³/mol. The number of alkyl halides is 6. The van der Waals surface area contributed by atoms with Crippen LogP contribution in [0.5, 0.6) is 0 Å². The van der Waals surface area contributed by atoms with E-state index in [1.165, 1.54) is 24.3 Å². The molecule has 1 unspecified atom stereocenters. The van der Waals surface area contributed by atoms with Gasteiger partial charge in [0.25, 0.3) is 0 Å². The first-order chi connectivity index (χ1) is 24.2. The molecule has 1 atom stereocenters. The summed E-state index contributed by atoms with van der Waals surface area (Å²) in [7, 11) is 0. The van der Waals surface area contributed by atoms with Gasteiger partial charge in [0.1, 0.15) is 0 Å². The van der Waals surface area contributed by atoms with E-state index in [4.69, 9.17) is 0 Å². The highest BCUT2D eigenvalue weighted by Gasteiger charge is 2.72. The average molecular weight is 697 g/mol. The van der Waals surface area contributed by atoms with Crippen LogP contribution >= 0.6 is 0 Å². The van der Waals surface area contributed by atoms with Crippen LogP contribution in [-0.2, 0) is 5.41 Å². The van der Waals surface area contributed by atoms with Gasteiger partial charge in [-0.15, -0.1) is 0 Å². The third-order valence-electron chi connectivity index (χ3n) is 9.48. The molecule has 0 N–H and O–H groups in total. The van der Waals surface area contributed by atoms with E-state index >= 15 is 26.3 Å². The minimum absolute atomic E-state index is 0.185. The Morgan fingerprint density at radius 3 is 1.14 bits per heavy atom. The molecule has 1 aliphatic rings. The van der Waals surface area contributed by atoms with Crippen molar-refractivity contribution in [2.75, 3.05) is 9.80 Å². The number of aryl methyl sites for hydroxylation is 3. The molecule has 0 radical (unpaired) electrons. The summed E-state index contributed by atoms with van der Waals surface area (Å²) in [4.78, 5) is 3.74. The number of rotatable bonds is 8. The fourth-order valence-corrected chi connectivity index (χ4v) is 6.69. The molecule has 0 heterocycles. The van der Waals surface area contributed by atoms with E-state index in [9.17, 15) is 0 Å². The Kier molecular flexibility index (Phi) is 9.64. The highest BCUT2D eigenvalue weighted by Crippen LogP contribution is 2.56. The second-order valence-corrected chi connectivity index (χ2v) is 13.2. The van der Waals surface area contributed by atoms with Crippen molar-refractivity contribution in [1.29, 1.82) is 0 Å². The van der Waals surface area contributed by atoms with E-state index in [1.54, 1.807) is 4.90 Å². The molecule has 0 fully saturated rings. The summed E-state index contributed by atoms with van der Waals surface area (Å²) >= 11 is 0. The molecule has 0 saturated carbocycles. The fourth-order valence-electron chi connectivity index (χ4n) is 6.69. The van der Waals surface area contributed by atoms with E-state index in [2.05, 4.69) is 6.08 Å². The summed E-state index contributed by atoms with van der Waals surface area (Å²) in [6, 6.07) is 31.7. The molecule has 0 amide bonds. The van der Waals surface area contributed by atoms with Crippen LogP contribution in [0, 0.1) is 20.8 Å². The molecule has 5 aromatic carbocycles. The van der Waals surface area contributed by atoms with Crippen LogP contribution in [-0.4, -0.2) is 18.4 Å². The lowest BCUT2D eigenvalue weighted by atomic mass is 9.72. The van der Waals surface area contributed by atoms with Crippen LogP contribution < -0.4 is 9.80 Å². The molecule has 5 aromatic rings. The molecular formula is C43H38F6N2. The molecule has 8 heteroatoms.